The Morgan fingerprint density at radius 2 is 0.724 bits per heavy atom. The first kappa shape index (κ1) is 30.0. The summed E-state index contributed by atoms with van der Waals surface area (Å²) in [5.41, 5.74) is 0.331. The van der Waals surface area contributed by atoms with E-state index in [-0.39, 0.29) is 0 Å². The van der Waals surface area contributed by atoms with Crippen molar-refractivity contribution in [3.05, 3.63) is 0 Å². The Morgan fingerprint density at radius 1 is 0.483 bits per heavy atom. The molecule has 0 aromatic carbocycles. The van der Waals surface area contributed by atoms with Crippen molar-refractivity contribution in [1.29, 1.82) is 0 Å². The maximum absolute atomic E-state index is 6.81. The first-order chi connectivity index (χ1) is 13.8. The molecule has 0 saturated heterocycles. The zero-order valence-electron chi connectivity index (χ0n) is 21.6. The van der Waals surface area contributed by atoms with Crippen LogP contribution >= 0.6 is 0 Å². The average Bonchev–Trinajstić information content (AvgIpc) is 2.63. The molecule has 0 aromatic heterocycles. The van der Waals surface area contributed by atoms with Crippen LogP contribution in [0.1, 0.15) is 107 Å². The van der Waals surface area contributed by atoms with Gasteiger partial charge in [0.1, 0.15) is 0 Å². The molecule has 0 atom stereocenters. The van der Waals surface area contributed by atoms with E-state index in [2.05, 4.69) is 55.4 Å². The SMILES string of the molecule is CC[CH2][Ge]([CH2]CC)([CH2]CC)[O]CCC(C)(C)CC[O][Ge]([CH2]CC)([CH2]CC)[CH2]CC. The fourth-order valence-electron chi connectivity index (χ4n) is 5.13. The van der Waals surface area contributed by atoms with Crippen molar-refractivity contribution in [2.75, 3.05) is 13.2 Å². The van der Waals surface area contributed by atoms with Gasteiger partial charge < -0.3 is 0 Å². The summed E-state index contributed by atoms with van der Waals surface area (Å²) < 4.78 is 13.6. The summed E-state index contributed by atoms with van der Waals surface area (Å²) in [5.74, 6) is 0. The topological polar surface area (TPSA) is 18.5 Å². The monoisotopic (exact) mass is 536 g/mol. The molecule has 0 radical (unpaired) electrons. The molecule has 0 N–H and O–H groups in total. The Labute approximate surface area is 191 Å². The molecule has 176 valence electrons. The molecule has 0 aliphatic heterocycles. The van der Waals surface area contributed by atoms with Gasteiger partial charge in [0.25, 0.3) is 0 Å². The van der Waals surface area contributed by atoms with Gasteiger partial charge in [-0.25, -0.2) is 0 Å². The van der Waals surface area contributed by atoms with Crippen LogP contribution in [0.25, 0.3) is 0 Å². The van der Waals surface area contributed by atoms with Crippen LogP contribution in [0.4, 0.5) is 0 Å². The van der Waals surface area contributed by atoms with Crippen molar-refractivity contribution in [3.63, 3.8) is 0 Å². The van der Waals surface area contributed by atoms with Gasteiger partial charge in [0.15, 0.2) is 0 Å². The molecule has 0 aromatic rings. The number of hydrogen-bond donors (Lipinski definition) is 0. The predicted octanol–water partition coefficient (Wildman–Crippen LogP) is 9.18. The normalized spacial score (nSPS) is 13.2. The minimum atomic E-state index is -2.08. The van der Waals surface area contributed by atoms with Gasteiger partial charge in [-0.3, -0.25) is 0 Å². The second kappa shape index (κ2) is 16.6. The average molecular weight is 534 g/mol. The molecule has 0 rings (SSSR count). The molecular formula is C25H56Ge2O2. The van der Waals surface area contributed by atoms with E-state index < -0.39 is 27.2 Å². The first-order valence-corrected chi connectivity index (χ1v) is 23.7. The van der Waals surface area contributed by atoms with Crippen LogP contribution in [0.15, 0.2) is 0 Å². The Kier molecular flexibility index (Phi) is 17.2. The van der Waals surface area contributed by atoms with Crippen molar-refractivity contribution in [2.45, 2.75) is 138 Å². The van der Waals surface area contributed by atoms with Gasteiger partial charge in [0.05, 0.1) is 0 Å². The molecule has 0 aliphatic carbocycles. The van der Waals surface area contributed by atoms with Gasteiger partial charge in [-0.2, -0.15) is 0 Å². The molecule has 0 unspecified atom stereocenters. The molecule has 0 spiro atoms. The summed E-state index contributed by atoms with van der Waals surface area (Å²) in [6, 6.07) is 0. The van der Waals surface area contributed by atoms with Gasteiger partial charge in [0, 0.05) is 0 Å². The molecule has 29 heavy (non-hydrogen) atoms. The van der Waals surface area contributed by atoms with Crippen molar-refractivity contribution >= 4 is 27.2 Å². The Hall–Kier alpha value is 1.01. The summed E-state index contributed by atoms with van der Waals surface area (Å²) in [6.07, 6.45) is 10.2. The van der Waals surface area contributed by atoms with E-state index in [0.717, 1.165) is 13.2 Å². The van der Waals surface area contributed by atoms with Crippen LogP contribution in [0.3, 0.4) is 0 Å². The van der Waals surface area contributed by atoms with Crippen molar-refractivity contribution in [1.82, 2.24) is 0 Å². The second-order valence-electron chi connectivity index (χ2n) is 10.2. The van der Waals surface area contributed by atoms with Crippen LogP contribution in [-0.2, 0) is 7.53 Å². The molecule has 0 aliphatic rings. The fraction of sp³-hybridized carbons (Fsp3) is 1.00. The van der Waals surface area contributed by atoms with Gasteiger partial charge in [-0.05, 0) is 0 Å². The quantitative estimate of drug-likeness (QED) is 0.145. The van der Waals surface area contributed by atoms with Gasteiger partial charge in [-0.1, -0.05) is 0 Å². The minimum absolute atomic E-state index is 0.331. The van der Waals surface area contributed by atoms with Crippen LogP contribution in [0.2, 0.25) is 31.5 Å². The summed E-state index contributed by atoms with van der Waals surface area (Å²) in [4.78, 5) is 0. The zero-order chi connectivity index (χ0) is 22.2. The van der Waals surface area contributed by atoms with Gasteiger partial charge >= 0.3 is 192 Å². The summed E-state index contributed by atoms with van der Waals surface area (Å²) in [7, 11) is 0. The van der Waals surface area contributed by atoms with E-state index in [0.29, 0.717) is 5.41 Å². The van der Waals surface area contributed by atoms with E-state index in [1.807, 2.05) is 0 Å². The number of rotatable bonds is 20. The Morgan fingerprint density at radius 3 is 0.931 bits per heavy atom. The third-order valence-electron chi connectivity index (χ3n) is 6.61. The standard InChI is InChI=1S/C25H56Ge2O2/c1-9-17-26(18-10-2,19-11-3)28-23-15-25(7,8)16-24-29-27(20-12-4,21-13-5)22-14-6/h9-24H2,1-8H3. The molecule has 0 fully saturated rings. The summed E-state index contributed by atoms with van der Waals surface area (Å²) >= 11 is -4.17. The molecule has 0 bridgehead atoms. The first-order valence-electron chi connectivity index (χ1n) is 13.1. The molecule has 0 amide bonds. The van der Waals surface area contributed by atoms with Crippen molar-refractivity contribution < 1.29 is 7.53 Å². The van der Waals surface area contributed by atoms with E-state index in [4.69, 9.17) is 7.53 Å². The fourth-order valence-corrected chi connectivity index (χ4v) is 23.8. The molecular weight excluding hydrogens is 477 g/mol. The zero-order valence-corrected chi connectivity index (χ0v) is 25.8. The van der Waals surface area contributed by atoms with Gasteiger partial charge in [0.2, 0.25) is 0 Å². The van der Waals surface area contributed by atoms with E-state index in [9.17, 15) is 0 Å². The van der Waals surface area contributed by atoms with Crippen molar-refractivity contribution in [3.8, 4) is 0 Å². The third kappa shape index (κ3) is 12.6. The Balaban J connectivity index is 4.69. The van der Waals surface area contributed by atoms with E-state index >= 15 is 0 Å². The van der Waals surface area contributed by atoms with E-state index in [1.54, 1.807) is 0 Å². The van der Waals surface area contributed by atoms with E-state index in [1.165, 1.54) is 82.9 Å². The third-order valence-corrected chi connectivity index (χ3v) is 27.8. The van der Waals surface area contributed by atoms with Crippen LogP contribution in [0, 0.1) is 5.41 Å². The Bertz CT molecular complexity index is 317. The summed E-state index contributed by atoms with van der Waals surface area (Å²) in [6.45, 7) is 20.9. The molecule has 2 nitrogen and oxygen atoms in total. The van der Waals surface area contributed by atoms with Crippen LogP contribution in [0.5, 0.6) is 0 Å². The predicted molar refractivity (Wildman–Crippen MR) is 137 cm³/mol. The number of hydrogen-bond acceptors (Lipinski definition) is 2. The second-order valence-corrected chi connectivity index (χ2v) is 27.7. The summed E-state index contributed by atoms with van der Waals surface area (Å²) in [5, 5.41) is 8.37. The van der Waals surface area contributed by atoms with Gasteiger partial charge in [-0.15, -0.1) is 0 Å². The van der Waals surface area contributed by atoms with Crippen molar-refractivity contribution in [2.24, 2.45) is 5.41 Å². The molecule has 0 heterocycles. The van der Waals surface area contributed by atoms with Crippen LogP contribution < -0.4 is 0 Å². The molecule has 4 heteroatoms. The molecule has 0 saturated carbocycles. The van der Waals surface area contributed by atoms with Crippen LogP contribution in [-0.4, -0.2) is 40.4 Å². The maximum atomic E-state index is 6.81.